The molecule has 0 saturated carbocycles. The zero-order valence-electron chi connectivity index (χ0n) is 11.1. The molecule has 2 aromatic carbocycles. The Balaban J connectivity index is 1.96. The number of fused-ring (bicyclic) bond motifs is 1. The molecule has 0 aliphatic heterocycles. The standard InChI is InChI=1S/C15H13ClFNO2S/c16-13-5-2-6-14(15(13)17)18-21(19,20)12-8-7-10-3-1-4-11(10)9-12/h2,5-9,18H,1,3-4H2. The summed E-state index contributed by atoms with van der Waals surface area (Å²) in [6.07, 6.45) is 2.89. The van der Waals surface area contributed by atoms with Crippen LogP contribution in [0, 0.1) is 5.82 Å². The van der Waals surface area contributed by atoms with E-state index in [9.17, 15) is 12.8 Å². The highest BCUT2D eigenvalue weighted by Crippen LogP contribution is 2.27. The molecule has 1 aliphatic carbocycles. The molecule has 0 fully saturated rings. The SMILES string of the molecule is O=S(=O)(Nc1cccc(Cl)c1F)c1ccc2c(c1)CCC2. The van der Waals surface area contributed by atoms with Crippen LogP contribution >= 0.6 is 11.6 Å². The second-order valence-electron chi connectivity index (χ2n) is 4.99. The molecule has 0 heterocycles. The van der Waals surface area contributed by atoms with Crippen molar-refractivity contribution in [1.82, 2.24) is 0 Å². The van der Waals surface area contributed by atoms with E-state index >= 15 is 0 Å². The van der Waals surface area contributed by atoms with Gasteiger partial charge in [-0.2, -0.15) is 0 Å². The van der Waals surface area contributed by atoms with Gasteiger partial charge >= 0.3 is 0 Å². The number of halogens is 2. The Hall–Kier alpha value is -1.59. The summed E-state index contributed by atoms with van der Waals surface area (Å²) in [5, 5.41) is -0.121. The summed E-state index contributed by atoms with van der Waals surface area (Å²) < 4.78 is 40.7. The van der Waals surface area contributed by atoms with Crippen LogP contribution in [0.5, 0.6) is 0 Å². The van der Waals surface area contributed by atoms with Gasteiger partial charge in [0.25, 0.3) is 10.0 Å². The van der Waals surface area contributed by atoms with Gasteiger partial charge in [0.2, 0.25) is 0 Å². The predicted molar refractivity (Wildman–Crippen MR) is 80.7 cm³/mol. The molecule has 0 amide bonds. The molecule has 0 unspecified atom stereocenters. The van der Waals surface area contributed by atoms with E-state index < -0.39 is 15.8 Å². The zero-order chi connectivity index (χ0) is 15.0. The molecule has 3 nitrogen and oxygen atoms in total. The molecule has 0 bridgehead atoms. The molecular weight excluding hydrogens is 313 g/mol. The highest BCUT2D eigenvalue weighted by Gasteiger charge is 2.20. The topological polar surface area (TPSA) is 46.2 Å². The number of nitrogens with one attached hydrogen (secondary N) is 1. The van der Waals surface area contributed by atoms with Gasteiger partial charge in [-0.3, -0.25) is 4.72 Å². The van der Waals surface area contributed by atoms with Crippen LogP contribution in [0.4, 0.5) is 10.1 Å². The molecule has 1 aliphatic rings. The van der Waals surface area contributed by atoms with E-state index in [2.05, 4.69) is 4.72 Å². The molecule has 21 heavy (non-hydrogen) atoms. The van der Waals surface area contributed by atoms with Crippen molar-refractivity contribution in [2.75, 3.05) is 4.72 Å². The monoisotopic (exact) mass is 325 g/mol. The Labute approximate surface area is 127 Å². The maximum atomic E-state index is 13.8. The first-order chi connectivity index (χ1) is 9.97. The third-order valence-corrected chi connectivity index (χ3v) is 5.23. The lowest BCUT2D eigenvalue weighted by molar-refractivity contribution is 0.598. The summed E-state index contributed by atoms with van der Waals surface area (Å²) in [6, 6.07) is 9.23. The number of hydrogen-bond donors (Lipinski definition) is 1. The summed E-state index contributed by atoms with van der Waals surface area (Å²) in [4.78, 5) is 0.141. The van der Waals surface area contributed by atoms with E-state index in [0.29, 0.717) is 0 Å². The highest BCUT2D eigenvalue weighted by atomic mass is 35.5. The fraction of sp³-hybridized carbons (Fsp3) is 0.200. The molecule has 1 N–H and O–H groups in total. The van der Waals surface area contributed by atoms with E-state index in [0.717, 1.165) is 24.8 Å². The first-order valence-electron chi connectivity index (χ1n) is 6.56. The summed E-state index contributed by atoms with van der Waals surface area (Å²) in [7, 11) is -3.82. The summed E-state index contributed by atoms with van der Waals surface area (Å²) >= 11 is 5.66. The Bertz CT molecular complexity index is 805. The molecule has 3 rings (SSSR count). The number of sulfonamides is 1. The molecule has 0 atom stereocenters. The highest BCUT2D eigenvalue weighted by molar-refractivity contribution is 7.92. The average Bonchev–Trinajstić information content (AvgIpc) is 2.91. The van der Waals surface area contributed by atoms with E-state index in [1.54, 1.807) is 12.1 Å². The van der Waals surface area contributed by atoms with Crippen LogP contribution in [0.2, 0.25) is 5.02 Å². The average molecular weight is 326 g/mol. The maximum Gasteiger partial charge on any atom is 0.261 e. The minimum atomic E-state index is -3.82. The quantitative estimate of drug-likeness (QED) is 0.933. The van der Waals surface area contributed by atoms with Crippen LogP contribution < -0.4 is 4.72 Å². The largest absolute Gasteiger partial charge is 0.277 e. The van der Waals surface area contributed by atoms with Crippen LogP contribution in [0.1, 0.15) is 17.5 Å². The molecule has 2 aromatic rings. The second kappa shape index (κ2) is 5.31. The fourth-order valence-corrected chi connectivity index (χ4v) is 3.79. The van der Waals surface area contributed by atoms with E-state index in [1.807, 2.05) is 6.07 Å². The van der Waals surface area contributed by atoms with Gasteiger partial charge in [0.05, 0.1) is 15.6 Å². The molecule has 110 valence electrons. The van der Waals surface area contributed by atoms with Crippen LogP contribution in [0.15, 0.2) is 41.3 Å². The van der Waals surface area contributed by atoms with Gasteiger partial charge in [0.15, 0.2) is 5.82 Å². The minimum absolute atomic E-state index is 0.121. The Morgan fingerprint density at radius 1 is 1.10 bits per heavy atom. The lowest BCUT2D eigenvalue weighted by Gasteiger charge is -2.10. The van der Waals surface area contributed by atoms with Crippen molar-refractivity contribution in [3.05, 3.63) is 58.4 Å². The number of aryl methyl sites for hydroxylation is 2. The molecular formula is C15H13ClFNO2S. The van der Waals surface area contributed by atoms with Crippen molar-refractivity contribution in [3.63, 3.8) is 0 Å². The van der Waals surface area contributed by atoms with Gasteiger partial charge in [-0.25, -0.2) is 12.8 Å². The normalized spacial score (nSPS) is 14.0. The lowest BCUT2D eigenvalue weighted by atomic mass is 10.1. The van der Waals surface area contributed by atoms with Crippen molar-refractivity contribution in [2.45, 2.75) is 24.2 Å². The van der Waals surface area contributed by atoms with E-state index in [-0.39, 0.29) is 15.6 Å². The number of rotatable bonds is 3. The van der Waals surface area contributed by atoms with Crippen LogP contribution in [0.25, 0.3) is 0 Å². The Morgan fingerprint density at radius 3 is 2.67 bits per heavy atom. The Kier molecular flexibility index (Phi) is 3.63. The van der Waals surface area contributed by atoms with Crippen molar-refractivity contribution in [3.8, 4) is 0 Å². The molecule has 0 radical (unpaired) electrons. The maximum absolute atomic E-state index is 13.8. The van der Waals surface area contributed by atoms with E-state index in [4.69, 9.17) is 11.6 Å². The van der Waals surface area contributed by atoms with Crippen molar-refractivity contribution < 1.29 is 12.8 Å². The predicted octanol–water partition coefficient (Wildman–Crippen LogP) is 3.77. The van der Waals surface area contributed by atoms with Crippen molar-refractivity contribution in [1.29, 1.82) is 0 Å². The third-order valence-electron chi connectivity index (χ3n) is 3.58. The number of hydrogen-bond acceptors (Lipinski definition) is 2. The molecule has 0 aromatic heterocycles. The van der Waals surface area contributed by atoms with Gasteiger partial charge in [-0.05, 0) is 54.7 Å². The smallest absolute Gasteiger partial charge is 0.261 e. The van der Waals surface area contributed by atoms with Gasteiger partial charge in [0.1, 0.15) is 0 Å². The third kappa shape index (κ3) is 2.76. The first kappa shape index (κ1) is 14.4. The fourth-order valence-electron chi connectivity index (χ4n) is 2.50. The van der Waals surface area contributed by atoms with Crippen molar-refractivity contribution in [2.24, 2.45) is 0 Å². The number of benzene rings is 2. The number of anilines is 1. The van der Waals surface area contributed by atoms with E-state index in [1.165, 1.54) is 23.8 Å². The lowest BCUT2D eigenvalue weighted by Crippen LogP contribution is -2.14. The Morgan fingerprint density at radius 2 is 1.86 bits per heavy atom. The van der Waals surface area contributed by atoms with Gasteiger partial charge < -0.3 is 0 Å². The van der Waals surface area contributed by atoms with Crippen LogP contribution in [0.3, 0.4) is 0 Å². The minimum Gasteiger partial charge on any atom is -0.277 e. The molecule has 0 spiro atoms. The summed E-state index contributed by atoms with van der Waals surface area (Å²) in [5.74, 6) is -0.774. The van der Waals surface area contributed by atoms with Crippen molar-refractivity contribution >= 4 is 27.3 Å². The zero-order valence-corrected chi connectivity index (χ0v) is 12.6. The van der Waals surface area contributed by atoms with Gasteiger partial charge in [-0.1, -0.05) is 23.7 Å². The molecule has 6 heteroatoms. The first-order valence-corrected chi connectivity index (χ1v) is 8.42. The second-order valence-corrected chi connectivity index (χ2v) is 7.08. The summed E-state index contributed by atoms with van der Waals surface area (Å²) in [5.41, 5.74) is 2.08. The molecule has 0 saturated heterocycles. The van der Waals surface area contributed by atoms with Gasteiger partial charge in [0, 0.05) is 0 Å². The van der Waals surface area contributed by atoms with Gasteiger partial charge in [-0.15, -0.1) is 0 Å². The van der Waals surface area contributed by atoms with Crippen LogP contribution in [-0.2, 0) is 22.9 Å². The van der Waals surface area contributed by atoms with Crippen LogP contribution in [-0.4, -0.2) is 8.42 Å². The summed E-state index contributed by atoms with van der Waals surface area (Å²) in [6.45, 7) is 0.